The molecule has 0 unspecified atom stereocenters. The summed E-state index contributed by atoms with van der Waals surface area (Å²) in [6.45, 7) is 2.19. The van der Waals surface area contributed by atoms with Gasteiger partial charge in [0.15, 0.2) is 6.04 Å². The van der Waals surface area contributed by atoms with Crippen molar-refractivity contribution in [2.75, 3.05) is 20.3 Å². The highest BCUT2D eigenvalue weighted by Gasteiger charge is 2.24. The van der Waals surface area contributed by atoms with Crippen LogP contribution in [0, 0.1) is 0 Å². The molecule has 0 aromatic carbocycles. The van der Waals surface area contributed by atoms with E-state index in [2.05, 4.69) is 10.6 Å². The first-order valence-corrected chi connectivity index (χ1v) is 4.93. The number of methoxy groups -OCH3 is 1. The van der Waals surface area contributed by atoms with Crippen molar-refractivity contribution in [2.24, 2.45) is 0 Å². The fourth-order valence-electron chi connectivity index (χ4n) is 0.999. The average Bonchev–Trinajstić information content (AvgIpc) is 2.20. The molecule has 16 heavy (non-hydrogen) atoms. The first-order valence-electron chi connectivity index (χ1n) is 4.93. The van der Waals surface area contributed by atoms with Gasteiger partial charge in [-0.05, 0) is 13.3 Å². The lowest BCUT2D eigenvalue weighted by atomic mass is 10.2. The molecule has 2 amide bonds. The van der Waals surface area contributed by atoms with E-state index in [9.17, 15) is 9.59 Å². The van der Waals surface area contributed by atoms with E-state index in [4.69, 9.17) is 14.9 Å². The topological polar surface area (TPSA) is 108 Å². The molecular formula is C9H18N2O5. The lowest BCUT2D eigenvalue weighted by Crippen LogP contribution is -2.51. The van der Waals surface area contributed by atoms with Crippen LogP contribution in [0.15, 0.2) is 0 Å². The monoisotopic (exact) mass is 234 g/mol. The first-order chi connectivity index (χ1) is 7.49. The molecule has 0 bridgehead atoms. The van der Waals surface area contributed by atoms with Crippen LogP contribution < -0.4 is 10.6 Å². The molecule has 94 valence electrons. The van der Waals surface area contributed by atoms with E-state index < -0.39 is 24.1 Å². The Hall–Kier alpha value is -1.34. The van der Waals surface area contributed by atoms with E-state index >= 15 is 0 Å². The SMILES string of the molecule is COCCCNC(=O)N[C@H](C(=O)O)[C@@H](C)O. The third kappa shape index (κ3) is 6.20. The number of urea groups is 1. The molecule has 2 atom stereocenters. The molecule has 0 spiro atoms. The van der Waals surface area contributed by atoms with Gasteiger partial charge in [-0.2, -0.15) is 0 Å². The summed E-state index contributed by atoms with van der Waals surface area (Å²) in [7, 11) is 1.55. The average molecular weight is 234 g/mol. The van der Waals surface area contributed by atoms with Crippen LogP contribution in [-0.2, 0) is 9.53 Å². The minimum Gasteiger partial charge on any atom is -0.480 e. The van der Waals surface area contributed by atoms with Crippen LogP contribution in [0.4, 0.5) is 4.79 Å². The summed E-state index contributed by atoms with van der Waals surface area (Å²) in [5.41, 5.74) is 0. The number of aliphatic hydroxyl groups is 1. The van der Waals surface area contributed by atoms with E-state index in [1.807, 2.05) is 0 Å². The molecule has 0 aliphatic carbocycles. The minimum absolute atomic E-state index is 0.381. The van der Waals surface area contributed by atoms with Crippen molar-refractivity contribution < 1.29 is 24.5 Å². The largest absolute Gasteiger partial charge is 0.480 e. The van der Waals surface area contributed by atoms with Crippen molar-refractivity contribution in [1.82, 2.24) is 10.6 Å². The molecule has 0 aromatic rings. The third-order valence-corrected chi connectivity index (χ3v) is 1.85. The highest BCUT2D eigenvalue weighted by Crippen LogP contribution is 1.92. The van der Waals surface area contributed by atoms with Crippen molar-refractivity contribution in [3.05, 3.63) is 0 Å². The lowest BCUT2D eigenvalue weighted by Gasteiger charge is -2.17. The molecule has 0 aliphatic rings. The van der Waals surface area contributed by atoms with E-state index in [0.29, 0.717) is 19.6 Å². The second kappa shape index (κ2) is 7.89. The Kier molecular flexibility index (Phi) is 7.23. The van der Waals surface area contributed by atoms with E-state index in [1.54, 1.807) is 7.11 Å². The Morgan fingerprint density at radius 2 is 2.06 bits per heavy atom. The summed E-state index contributed by atoms with van der Waals surface area (Å²) in [4.78, 5) is 21.8. The summed E-state index contributed by atoms with van der Waals surface area (Å²) in [6, 6.07) is -1.92. The zero-order valence-electron chi connectivity index (χ0n) is 9.40. The molecule has 7 nitrogen and oxygen atoms in total. The number of rotatable bonds is 7. The maximum absolute atomic E-state index is 11.2. The number of carbonyl (C=O) groups excluding carboxylic acids is 1. The smallest absolute Gasteiger partial charge is 0.328 e. The Labute approximate surface area is 93.8 Å². The van der Waals surface area contributed by atoms with Gasteiger partial charge in [-0.15, -0.1) is 0 Å². The molecule has 0 aliphatic heterocycles. The zero-order valence-corrected chi connectivity index (χ0v) is 9.40. The molecule has 0 rings (SSSR count). The molecule has 0 saturated carbocycles. The number of amides is 2. The summed E-state index contributed by atoms with van der Waals surface area (Å²) in [5.74, 6) is -1.28. The number of aliphatic carboxylic acids is 1. The maximum atomic E-state index is 11.2. The van der Waals surface area contributed by atoms with Gasteiger partial charge < -0.3 is 25.6 Å². The van der Waals surface area contributed by atoms with Crippen LogP contribution in [0.5, 0.6) is 0 Å². The van der Waals surface area contributed by atoms with E-state index in [0.717, 1.165) is 0 Å². The Balaban J connectivity index is 3.87. The number of ether oxygens (including phenoxy) is 1. The molecule has 7 heteroatoms. The molecule has 4 N–H and O–H groups in total. The van der Waals surface area contributed by atoms with Crippen molar-refractivity contribution in [3.8, 4) is 0 Å². The molecule has 0 aromatic heterocycles. The van der Waals surface area contributed by atoms with Gasteiger partial charge in [0.05, 0.1) is 6.10 Å². The number of carbonyl (C=O) groups is 2. The van der Waals surface area contributed by atoms with Gasteiger partial charge >= 0.3 is 12.0 Å². The van der Waals surface area contributed by atoms with E-state index in [-0.39, 0.29) is 0 Å². The summed E-state index contributed by atoms with van der Waals surface area (Å²) in [6.07, 6.45) is -0.515. The van der Waals surface area contributed by atoms with Gasteiger partial charge in [0.2, 0.25) is 0 Å². The fourth-order valence-corrected chi connectivity index (χ4v) is 0.999. The van der Waals surface area contributed by atoms with Crippen molar-refractivity contribution >= 4 is 12.0 Å². The molecular weight excluding hydrogens is 216 g/mol. The molecule has 0 heterocycles. The predicted octanol–water partition coefficient (Wildman–Crippen LogP) is -0.844. The summed E-state index contributed by atoms with van der Waals surface area (Å²) >= 11 is 0. The highest BCUT2D eigenvalue weighted by atomic mass is 16.5. The Bertz CT molecular complexity index is 232. The highest BCUT2D eigenvalue weighted by molar-refractivity contribution is 5.82. The van der Waals surface area contributed by atoms with Crippen LogP contribution in [0.3, 0.4) is 0 Å². The van der Waals surface area contributed by atoms with Gasteiger partial charge in [0, 0.05) is 20.3 Å². The fraction of sp³-hybridized carbons (Fsp3) is 0.778. The number of nitrogens with one attached hydrogen (secondary N) is 2. The lowest BCUT2D eigenvalue weighted by molar-refractivity contribution is -0.141. The van der Waals surface area contributed by atoms with Crippen LogP contribution in [0.1, 0.15) is 13.3 Å². The minimum atomic E-state index is -1.30. The van der Waals surface area contributed by atoms with E-state index in [1.165, 1.54) is 6.92 Å². The number of carboxylic acids is 1. The standard InChI is InChI=1S/C9H18N2O5/c1-6(12)7(8(13)14)11-9(15)10-4-3-5-16-2/h6-7,12H,3-5H2,1-2H3,(H,13,14)(H2,10,11,15)/t6-,7+/m1/s1. The second-order valence-electron chi connectivity index (χ2n) is 3.30. The van der Waals surface area contributed by atoms with Crippen LogP contribution in [0.2, 0.25) is 0 Å². The predicted molar refractivity (Wildman–Crippen MR) is 56.1 cm³/mol. The zero-order chi connectivity index (χ0) is 12.6. The molecule has 0 saturated heterocycles. The summed E-state index contributed by atoms with van der Waals surface area (Å²) < 4.78 is 4.78. The second-order valence-corrected chi connectivity index (χ2v) is 3.30. The first kappa shape index (κ1) is 14.7. The summed E-state index contributed by atoms with van der Waals surface area (Å²) in [5, 5.41) is 22.4. The molecule has 0 radical (unpaired) electrons. The van der Waals surface area contributed by atoms with Gasteiger partial charge in [-0.3, -0.25) is 0 Å². The van der Waals surface area contributed by atoms with Crippen LogP contribution in [0.25, 0.3) is 0 Å². The van der Waals surface area contributed by atoms with Crippen molar-refractivity contribution in [1.29, 1.82) is 0 Å². The van der Waals surface area contributed by atoms with Crippen molar-refractivity contribution in [3.63, 3.8) is 0 Å². The normalized spacial score (nSPS) is 13.9. The number of hydrogen-bond acceptors (Lipinski definition) is 4. The number of aliphatic hydroxyl groups excluding tert-OH is 1. The van der Waals surface area contributed by atoms with Crippen molar-refractivity contribution in [2.45, 2.75) is 25.5 Å². The van der Waals surface area contributed by atoms with Gasteiger partial charge in [-0.1, -0.05) is 0 Å². The van der Waals surface area contributed by atoms with Gasteiger partial charge in [0.25, 0.3) is 0 Å². The molecule has 0 fully saturated rings. The number of carboxylic acid groups (broad SMARTS) is 1. The van der Waals surface area contributed by atoms with Gasteiger partial charge in [-0.25, -0.2) is 9.59 Å². The van der Waals surface area contributed by atoms with Crippen LogP contribution in [-0.4, -0.2) is 54.6 Å². The maximum Gasteiger partial charge on any atom is 0.328 e. The van der Waals surface area contributed by atoms with Crippen LogP contribution >= 0.6 is 0 Å². The van der Waals surface area contributed by atoms with Gasteiger partial charge in [0.1, 0.15) is 0 Å². The number of hydrogen-bond donors (Lipinski definition) is 4. The Morgan fingerprint density at radius 3 is 2.50 bits per heavy atom. The third-order valence-electron chi connectivity index (χ3n) is 1.85. The Morgan fingerprint density at radius 1 is 1.44 bits per heavy atom. The quantitative estimate of drug-likeness (QED) is 0.429.